The lowest BCUT2D eigenvalue weighted by Gasteiger charge is -2.15. The second kappa shape index (κ2) is 5.12. The van der Waals surface area contributed by atoms with Crippen LogP contribution in [0.3, 0.4) is 0 Å². The summed E-state index contributed by atoms with van der Waals surface area (Å²) in [5.74, 6) is -0.0597. The van der Waals surface area contributed by atoms with Crippen molar-refractivity contribution >= 4 is 11.7 Å². The van der Waals surface area contributed by atoms with E-state index in [0.717, 1.165) is 11.8 Å². The molecule has 0 atom stereocenters. The highest BCUT2D eigenvalue weighted by Gasteiger charge is 2.39. The number of benzene rings is 1. The van der Waals surface area contributed by atoms with Gasteiger partial charge in [-0.05, 0) is 36.2 Å². The standard InChI is InChI=1S/C16H13F3N2O/c1-2-10-5-3-8-14(20-10)21-9-12-11(15(21)22)6-4-7-13(12)16(17,18)19/h3-8H,2,9H2,1H3. The van der Waals surface area contributed by atoms with Crippen LogP contribution in [0.1, 0.15) is 34.1 Å². The van der Waals surface area contributed by atoms with E-state index in [2.05, 4.69) is 4.98 Å². The predicted molar refractivity (Wildman–Crippen MR) is 75.6 cm³/mol. The minimum atomic E-state index is -4.47. The first-order chi connectivity index (χ1) is 10.4. The molecule has 1 aromatic carbocycles. The summed E-state index contributed by atoms with van der Waals surface area (Å²) < 4.78 is 39.2. The SMILES string of the molecule is CCc1cccc(N2Cc3c(cccc3C(F)(F)F)C2=O)n1. The Bertz CT molecular complexity index is 740. The molecule has 1 aliphatic heterocycles. The van der Waals surface area contributed by atoms with Gasteiger partial charge in [0.25, 0.3) is 5.91 Å². The van der Waals surface area contributed by atoms with E-state index < -0.39 is 17.6 Å². The fraction of sp³-hybridized carbons (Fsp3) is 0.250. The summed E-state index contributed by atoms with van der Waals surface area (Å²) in [6.45, 7) is 1.82. The molecular formula is C16H13F3N2O. The van der Waals surface area contributed by atoms with E-state index in [9.17, 15) is 18.0 Å². The van der Waals surface area contributed by atoms with Crippen molar-refractivity contribution in [3.8, 4) is 0 Å². The molecule has 0 saturated carbocycles. The second-order valence-electron chi connectivity index (χ2n) is 5.06. The molecule has 0 aliphatic carbocycles. The first kappa shape index (κ1) is 14.6. The number of amides is 1. The lowest BCUT2D eigenvalue weighted by atomic mass is 10.0. The minimum absolute atomic E-state index is 0.0173. The van der Waals surface area contributed by atoms with Gasteiger partial charge in [-0.15, -0.1) is 0 Å². The van der Waals surface area contributed by atoms with Crippen LogP contribution in [-0.2, 0) is 19.1 Å². The largest absolute Gasteiger partial charge is 0.416 e. The zero-order valence-corrected chi connectivity index (χ0v) is 11.8. The number of aryl methyl sites for hydroxylation is 1. The van der Waals surface area contributed by atoms with Gasteiger partial charge in [-0.2, -0.15) is 13.2 Å². The van der Waals surface area contributed by atoms with Crippen molar-refractivity contribution in [2.75, 3.05) is 4.90 Å². The smallest absolute Gasteiger partial charge is 0.288 e. The van der Waals surface area contributed by atoms with Gasteiger partial charge in [-0.25, -0.2) is 4.98 Å². The molecule has 0 fully saturated rings. The minimum Gasteiger partial charge on any atom is -0.288 e. The number of halogens is 3. The quantitative estimate of drug-likeness (QED) is 0.845. The lowest BCUT2D eigenvalue weighted by Crippen LogP contribution is -2.24. The highest BCUT2D eigenvalue weighted by molar-refractivity contribution is 6.09. The van der Waals surface area contributed by atoms with Crippen LogP contribution in [0.2, 0.25) is 0 Å². The second-order valence-corrected chi connectivity index (χ2v) is 5.06. The van der Waals surface area contributed by atoms with E-state index in [-0.39, 0.29) is 17.7 Å². The highest BCUT2D eigenvalue weighted by atomic mass is 19.4. The normalized spacial score (nSPS) is 14.4. The highest BCUT2D eigenvalue weighted by Crippen LogP contribution is 2.38. The summed E-state index contributed by atoms with van der Waals surface area (Å²) >= 11 is 0. The number of fused-ring (bicyclic) bond motifs is 1. The lowest BCUT2D eigenvalue weighted by molar-refractivity contribution is -0.138. The van der Waals surface area contributed by atoms with Crippen LogP contribution in [-0.4, -0.2) is 10.9 Å². The van der Waals surface area contributed by atoms with Crippen LogP contribution < -0.4 is 4.90 Å². The molecule has 0 unspecified atom stereocenters. The molecule has 0 saturated heterocycles. The van der Waals surface area contributed by atoms with Crippen LogP contribution in [0.25, 0.3) is 0 Å². The molecule has 1 aliphatic rings. The molecule has 6 heteroatoms. The summed E-state index contributed by atoms with van der Waals surface area (Å²) in [6.07, 6.45) is -3.78. The van der Waals surface area contributed by atoms with Crippen molar-refractivity contribution in [2.24, 2.45) is 0 Å². The van der Waals surface area contributed by atoms with E-state index >= 15 is 0 Å². The Morgan fingerprint density at radius 3 is 2.59 bits per heavy atom. The van der Waals surface area contributed by atoms with Gasteiger partial charge in [0.2, 0.25) is 0 Å². The summed E-state index contributed by atoms with van der Waals surface area (Å²) in [5.41, 5.74) is 0.145. The zero-order chi connectivity index (χ0) is 15.9. The molecule has 0 bridgehead atoms. The number of hydrogen-bond donors (Lipinski definition) is 0. The van der Waals surface area contributed by atoms with Crippen LogP contribution in [0.5, 0.6) is 0 Å². The summed E-state index contributed by atoms with van der Waals surface area (Å²) in [6, 6.07) is 8.90. The number of rotatable bonds is 2. The number of anilines is 1. The maximum atomic E-state index is 13.1. The van der Waals surface area contributed by atoms with Crippen LogP contribution in [0.15, 0.2) is 36.4 Å². The van der Waals surface area contributed by atoms with Gasteiger partial charge in [0.05, 0.1) is 12.1 Å². The number of hydrogen-bond acceptors (Lipinski definition) is 2. The van der Waals surface area contributed by atoms with Crippen molar-refractivity contribution in [3.63, 3.8) is 0 Å². The van der Waals surface area contributed by atoms with Gasteiger partial charge in [0.1, 0.15) is 5.82 Å². The fourth-order valence-corrected chi connectivity index (χ4v) is 2.60. The number of nitrogens with zero attached hydrogens (tertiary/aromatic N) is 2. The summed E-state index contributed by atoms with van der Waals surface area (Å²) in [5, 5.41) is 0. The third-order valence-electron chi connectivity index (χ3n) is 3.70. The molecule has 114 valence electrons. The first-order valence-corrected chi connectivity index (χ1v) is 6.88. The molecule has 0 spiro atoms. The topological polar surface area (TPSA) is 33.2 Å². The monoisotopic (exact) mass is 306 g/mol. The first-order valence-electron chi connectivity index (χ1n) is 6.88. The molecule has 22 heavy (non-hydrogen) atoms. The molecule has 2 aromatic rings. The van der Waals surface area contributed by atoms with E-state index in [1.807, 2.05) is 13.0 Å². The Hall–Kier alpha value is -2.37. The van der Waals surface area contributed by atoms with Crippen molar-refractivity contribution in [1.29, 1.82) is 0 Å². The van der Waals surface area contributed by atoms with Crippen molar-refractivity contribution in [2.45, 2.75) is 26.1 Å². The molecule has 2 heterocycles. The maximum Gasteiger partial charge on any atom is 0.416 e. The van der Waals surface area contributed by atoms with E-state index in [0.29, 0.717) is 12.2 Å². The Labute approximate surface area is 125 Å². The Balaban J connectivity index is 2.04. The molecular weight excluding hydrogens is 293 g/mol. The Morgan fingerprint density at radius 2 is 1.91 bits per heavy atom. The van der Waals surface area contributed by atoms with E-state index in [4.69, 9.17) is 0 Å². The Morgan fingerprint density at radius 1 is 1.18 bits per heavy atom. The van der Waals surface area contributed by atoms with Crippen molar-refractivity contribution < 1.29 is 18.0 Å². The van der Waals surface area contributed by atoms with Gasteiger partial charge in [-0.1, -0.05) is 19.1 Å². The third-order valence-corrected chi connectivity index (χ3v) is 3.70. The molecule has 1 aromatic heterocycles. The number of aromatic nitrogens is 1. The number of alkyl halides is 3. The molecule has 0 N–H and O–H groups in total. The summed E-state index contributed by atoms with van der Waals surface area (Å²) in [7, 11) is 0. The third kappa shape index (κ3) is 2.34. The molecule has 3 rings (SSSR count). The van der Waals surface area contributed by atoms with Gasteiger partial charge in [0, 0.05) is 11.3 Å². The fourth-order valence-electron chi connectivity index (χ4n) is 2.60. The van der Waals surface area contributed by atoms with Gasteiger partial charge >= 0.3 is 6.18 Å². The molecule has 0 radical (unpaired) electrons. The van der Waals surface area contributed by atoms with Crippen molar-refractivity contribution in [3.05, 3.63) is 58.8 Å². The Kier molecular flexibility index (Phi) is 3.39. The van der Waals surface area contributed by atoms with Gasteiger partial charge in [-0.3, -0.25) is 9.69 Å². The average molecular weight is 306 g/mol. The number of pyridine rings is 1. The number of carbonyl (C=O) groups excluding carboxylic acids is 1. The van der Waals surface area contributed by atoms with E-state index in [1.165, 1.54) is 17.0 Å². The van der Waals surface area contributed by atoms with E-state index in [1.54, 1.807) is 12.1 Å². The van der Waals surface area contributed by atoms with Crippen LogP contribution >= 0.6 is 0 Å². The maximum absolute atomic E-state index is 13.1. The number of carbonyl (C=O) groups is 1. The summed E-state index contributed by atoms with van der Waals surface area (Å²) in [4.78, 5) is 18.0. The average Bonchev–Trinajstić information content (AvgIpc) is 2.83. The predicted octanol–water partition coefficient (Wildman–Crippen LogP) is 3.82. The zero-order valence-electron chi connectivity index (χ0n) is 11.8. The van der Waals surface area contributed by atoms with Crippen LogP contribution in [0, 0.1) is 0 Å². The van der Waals surface area contributed by atoms with Crippen LogP contribution in [0.4, 0.5) is 19.0 Å². The van der Waals surface area contributed by atoms with Gasteiger partial charge in [0.15, 0.2) is 0 Å². The molecule has 1 amide bonds. The molecule has 3 nitrogen and oxygen atoms in total. The van der Waals surface area contributed by atoms with Gasteiger partial charge < -0.3 is 0 Å². The van der Waals surface area contributed by atoms with Crippen molar-refractivity contribution in [1.82, 2.24) is 4.98 Å².